The lowest BCUT2D eigenvalue weighted by molar-refractivity contribution is 0.290. The molecule has 5 nitrogen and oxygen atoms in total. The van der Waals surface area contributed by atoms with Crippen LogP contribution < -0.4 is 0 Å². The topological polar surface area (TPSA) is 59.4 Å². The summed E-state index contributed by atoms with van der Waals surface area (Å²) in [6.07, 6.45) is 15.5. The van der Waals surface area contributed by atoms with E-state index in [9.17, 15) is 0 Å². The Morgan fingerprint density at radius 1 is 1.30 bits per heavy atom. The minimum Gasteiger partial charge on any atom is -0.346 e. The average Bonchev–Trinajstić information content (AvgIpc) is 3.32. The van der Waals surface area contributed by atoms with E-state index in [1.165, 1.54) is 38.5 Å². The van der Waals surface area contributed by atoms with Crippen LogP contribution in [0.1, 0.15) is 51.5 Å². The maximum Gasteiger partial charge on any atom is 0.141 e. The highest BCUT2D eigenvalue weighted by molar-refractivity contribution is 5.89. The molecule has 0 amide bonds. The molecule has 4 rings (SSSR count). The molecule has 0 saturated heterocycles. The van der Waals surface area contributed by atoms with E-state index in [1.807, 2.05) is 18.5 Å². The normalized spacial score (nSPS) is 17.1. The van der Waals surface area contributed by atoms with Crippen LogP contribution in [0.2, 0.25) is 0 Å². The molecule has 5 heteroatoms. The van der Waals surface area contributed by atoms with E-state index in [-0.39, 0.29) is 0 Å². The molecule has 3 aromatic heterocycles. The summed E-state index contributed by atoms with van der Waals surface area (Å²) in [7, 11) is 0. The van der Waals surface area contributed by atoms with Gasteiger partial charge in [0.25, 0.3) is 0 Å². The van der Waals surface area contributed by atoms with E-state index >= 15 is 0 Å². The van der Waals surface area contributed by atoms with Gasteiger partial charge in [0, 0.05) is 23.3 Å². The van der Waals surface area contributed by atoms with Crippen molar-refractivity contribution in [1.82, 2.24) is 24.7 Å². The van der Waals surface area contributed by atoms with Crippen molar-refractivity contribution in [1.29, 1.82) is 0 Å². The van der Waals surface area contributed by atoms with Gasteiger partial charge in [-0.05, 0) is 31.2 Å². The molecule has 3 aromatic rings. The molecule has 0 aromatic carbocycles. The van der Waals surface area contributed by atoms with E-state index < -0.39 is 0 Å². The summed E-state index contributed by atoms with van der Waals surface area (Å²) in [6.45, 7) is 2.26. The zero-order valence-corrected chi connectivity index (χ0v) is 13.6. The van der Waals surface area contributed by atoms with E-state index in [1.54, 1.807) is 6.33 Å². The number of H-pyrrole nitrogens is 1. The second kappa shape index (κ2) is 6.14. The Morgan fingerprint density at radius 3 is 3.00 bits per heavy atom. The Labute approximate surface area is 136 Å². The number of fused-ring (bicyclic) bond motifs is 1. The van der Waals surface area contributed by atoms with Gasteiger partial charge in [-0.1, -0.05) is 26.2 Å². The number of hydrogen-bond donors (Lipinski definition) is 1. The predicted octanol–water partition coefficient (Wildman–Crippen LogP) is 4.35. The first-order chi connectivity index (χ1) is 11.4. The first kappa shape index (κ1) is 14.4. The van der Waals surface area contributed by atoms with Gasteiger partial charge in [-0.2, -0.15) is 5.10 Å². The largest absolute Gasteiger partial charge is 0.346 e. The first-order valence-electron chi connectivity index (χ1n) is 8.69. The third-order valence-corrected chi connectivity index (χ3v) is 5.10. The molecule has 1 unspecified atom stereocenters. The van der Waals surface area contributed by atoms with Crippen LogP contribution in [0.25, 0.3) is 22.3 Å². The molecule has 1 N–H and O–H groups in total. The lowest BCUT2D eigenvalue weighted by Gasteiger charge is -2.23. The minimum atomic E-state index is 0.528. The third kappa shape index (κ3) is 2.64. The van der Waals surface area contributed by atoms with Gasteiger partial charge in [0.2, 0.25) is 0 Å². The molecule has 0 bridgehead atoms. The molecule has 3 heterocycles. The number of aromatic amines is 1. The average molecular weight is 309 g/mol. The van der Waals surface area contributed by atoms with E-state index in [2.05, 4.69) is 32.8 Å². The zero-order chi connectivity index (χ0) is 15.6. The van der Waals surface area contributed by atoms with Crippen molar-refractivity contribution in [3.05, 3.63) is 31.0 Å². The summed E-state index contributed by atoms with van der Waals surface area (Å²) in [6, 6.07) is 2.56. The molecule has 1 aliphatic rings. The van der Waals surface area contributed by atoms with E-state index in [0.29, 0.717) is 6.04 Å². The highest BCUT2D eigenvalue weighted by Crippen LogP contribution is 2.37. The summed E-state index contributed by atoms with van der Waals surface area (Å²) in [5, 5.41) is 5.75. The van der Waals surface area contributed by atoms with Crippen LogP contribution in [-0.4, -0.2) is 24.7 Å². The van der Waals surface area contributed by atoms with Crippen molar-refractivity contribution in [3.8, 4) is 11.3 Å². The van der Waals surface area contributed by atoms with Gasteiger partial charge >= 0.3 is 0 Å². The fraction of sp³-hybridized carbons (Fsp3) is 0.500. The van der Waals surface area contributed by atoms with Crippen LogP contribution in [0.5, 0.6) is 0 Å². The number of nitrogens with one attached hydrogen (secondary N) is 1. The Bertz CT molecular complexity index is 781. The molecular formula is C18H23N5. The van der Waals surface area contributed by atoms with Crippen LogP contribution >= 0.6 is 0 Å². The highest BCUT2D eigenvalue weighted by Gasteiger charge is 2.26. The smallest absolute Gasteiger partial charge is 0.141 e. The molecule has 1 saturated carbocycles. The highest BCUT2D eigenvalue weighted by atomic mass is 15.3. The fourth-order valence-corrected chi connectivity index (χ4v) is 3.97. The molecule has 1 atom stereocenters. The van der Waals surface area contributed by atoms with E-state index in [4.69, 9.17) is 5.10 Å². The molecule has 120 valence electrons. The van der Waals surface area contributed by atoms with Gasteiger partial charge in [0.15, 0.2) is 0 Å². The monoisotopic (exact) mass is 309 g/mol. The predicted molar refractivity (Wildman–Crippen MR) is 91.0 cm³/mol. The molecule has 1 aliphatic carbocycles. The standard InChI is InChI=1S/C18H23N5/c1-2-5-16(13-6-3-4-7-13)23-11-14(10-22-23)17-15-8-9-19-18(15)21-12-20-17/h8-13,16H,2-7H2,1H3,(H,19,20,21). The van der Waals surface area contributed by atoms with Gasteiger partial charge in [0.1, 0.15) is 12.0 Å². The number of aromatic nitrogens is 5. The summed E-state index contributed by atoms with van der Waals surface area (Å²) in [5.74, 6) is 0.778. The molecule has 23 heavy (non-hydrogen) atoms. The van der Waals surface area contributed by atoms with Gasteiger partial charge in [-0.15, -0.1) is 0 Å². The van der Waals surface area contributed by atoms with Crippen LogP contribution in [0, 0.1) is 5.92 Å². The Kier molecular flexibility index (Phi) is 3.85. The van der Waals surface area contributed by atoms with Crippen molar-refractivity contribution < 1.29 is 0 Å². The molecule has 0 aliphatic heterocycles. The van der Waals surface area contributed by atoms with Crippen molar-refractivity contribution in [3.63, 3.8) is 0 Å². The summed E-state index contributed by atoms with van der Waals surface area (Å²) >= 11 is 0. The summed E-state index contributed by atoms with van der Waals surface area (Å²) in [4.78, 5) is 11.9. The Morgan fingerprint density at radius 2 is 2.17 bits per heavy atom. The fourth-order valence-electron chi connectivity index (χ4n) is 3.97. The number of nitrogens with zero attached hydrogens (tertiary/aromatic N) is 4. The molecule has 1 fully saturated rings. The quantitative estimate of drug-likeness (QED) is 0.762. The zero-order valence-electron chi connectivity index (χ0n) is 13.6. The van der Waals surface area contributed by atoms with Crippen molar-refractivity contribution >= 4 is 11.0 Å². The summed E-state index contributed by atoms with van der Waals surface area (Å²) in [5.41, 5.74) is 2.92. The maximum absolute atomic E-state index is 4.69. The second-order valence-corrected chi connectivity index (χ2v) is 6.57. The maximum atomic E-state index is 4.69. The first-order valence-corrected chi connectivity index (χ1v) is 8.69. The lowest BCUT2D eigenvalue weighted by atomic mass is 9.94. The third-order valence-electron chi connectivity index (χ3n) is 5.10. The van der Waals surface area contributed by atoms with Gasteiger partial charge in [-0.3, -0.25) is 4.68 Å². The minimum absolute atomic E-state index is 0.528. The second-order valence-electron chi connectivity index (χ2n) is 6.57. The number of hydrogen-bond acceptors (Lipinski definition) is 3. The summed E-state index contributed by atoms with van der Waals surface area (Å²) < 4.78 is 2.19. The van der Waals surface area contributed by atoms with Crippen LogP contribution in [0.15, 0.2) is 31.0 Å². The van der Waals surface area contributed by atoms with Crippen LogP contribution in [-0.2, 0) is 0 Å². The molecular weight excluding hydrogens is 286 g/mol. The van der Waals surface area contributed by atoms with Gasteiger partial charge in [0.05, 0.1) is 17.9 Å². The van der Waals surface area contributed by atoms with Crippen LogP contribution in [0.3, 0.4) is 0 Å². The van der Waals surface area contributed by atoms with Crippen LogP contribution in [0.4, 0.5) is 0 Å². The van der Waals surface area contributed by atoms with Crippen molar-refractivity contribution in [2.24, 2.45) is 5.92 Å². The Balaban J connectivity index is 1.68. The van der Waals surface area contributed by atoms with Gasteiger partial charge < -0.3 is 4.98 Å². The number of rotatable bonds is 5. The van der Waals surface area contributed by atoms with Crippen molar-refractivity contribution in [2.45, 2.75) is 51.5 Å². The Hall–Kier alpha value is -2.17. The van der Waals surface area contributed by atoms with Gasteiger partial charge in [-0.25, -0.2) is 9.97 Å². The lowest BCUT2D eigenvalue weighted by Crippen LogP contribution is -2.17. The van der Waals surface area contributed by atoms with Crippen molar-refractivity contribution in [2.75, 3.05) is 0 Å². The van der Waals surface area contributed by atoms with E-state index in [0.717, 1.165) is 28.2 Å². The SMILES string of the molecule is CCCC(C1CCCC1)n1cc(-c2ncnc3[nH]ccc23)cn1. The molecule has 0 spiro atoms. The molecule has 0 radical (unpaired) electrons.